The van der Waals surface area contributed by atoms with Crippen LogP contribution in [-0.4, -0.2) is 16.7 Å². The van der Waals surface area contributed by atoms with Crippen molar-refractivity contribution in [2.24, 2.45) is 11.1 Å². The normalized spacial score (nSPS) is 20.1. The summed E-state index contributed by atoms with van der Waals surface area (Å²) in [7, 11) is 1.64. The van der Waals surface area contributed by atoms with E-state index >= 15 is 0 Å². The highest BCUT2D eigenvalue weighted by molar-refractivity contribution is 5.31. The Morgan fingerprint density at radius 1 is 1.43 bits per heavy atom. The maximum atomic E-state index is 6.33. The zero-order chi connectivity index (χ0) is 15.0. The van der Waals surface area contributed by atoms with E-state index in [0.29, 0.717) is 5.88 Å². The Kier molecular flexibility index (Phi) is 3.49. The lowest BCUT2D eigenvalue weighted by Crippen LogP contribution is -2.30. The highest BCUT2D eigenvalue weighted by atomic mass is 16.5. The Balaban J connectivity index is 1.91. The summed E-state index contributed by atoms with van der Waals surface area (Å²) < 4.78 is 7.51. The standard InChI is InChI=1S/C17H23N3O/c1-17(2)9-14(18)13-5-7-20(15(13)10-17)11-12-4-6-19-16(8-12)21-3/h4-8,14H,9-11,18H2,1-3H3. The smallest absolute Gasteiger partial charge is 0.213 e. The highest BCUT2D eigenvalue weighted by Crippen LogP contribution is 2.40. The average molecular weight is 285 g/mol. The number of aromatic nitrogens is 2. The lowest BCUT2D eigenvalue weighted by Gasteiger charge is -2.34. The van der Waals surface area contributed by atoms with Crippen molar-refractivity contribution in [1.82, 2.24) is 9.55 Å². The summed E-state index contributed by atoms with van der Waals surface area (Å²) in [5.41, 5.74) is 10.5. The van der Waals surface area contributed by atoms with E-state index in [9.17, 15) is 0 Å². The second kappa shape index (κ2) is 5.19. The Morgan fingerprint density at radius 2 is 2.24 bits per heavy atom. The van der Waals surface area contributed by atoms with Crippen molar-refractivity contribution in [2.45, 2.75) is 39.3 Å². The molecule has 1 aliphatic carbocycles. The third-order valence-electron chi connectivity index (χ3n) is 4.29. The Hall–Kier alpha value is -1.81. The predicted molar refractivity (Wildman–Crippen MR) is 83.4 cm³/mol. The van der Waals surface area contributed by atoms with Gasteiger partial charge in [0.05, 0.1) is 7.11 Å². The SMILES string of the molecule is COc1cc(Cn2ccc3c2CC(C)(C)CC3N)ccn1. The van der Waals surface area contributed by atoms with Gasteiger partial charge in [-0.15, -0.1) is 0 Å². The molecular weight excluding hydrogens is 262 g/mol. The van der Waals surface area contributed by atoms with E-state index < -0.39 is 0 Å². The summed E-state index contributed by atoms with van der Waals surface area (Å²) in [5.74, 6) is 0.658. The van der Waals surface area contributed by atoms with Gasteiger partial charge in [0.2, 0.25) is 5.88 Å². The van der Waals surface area contributed by atoms with Gasteiger partial charge in [0.1, 0.15) is 0 Å². The summed E-state index contributed by atoms with van der Waals surface area (Å²) in [6.07, 6.45) is 6.07. The van der Waals surface area contributed by atoms with Crippen molar-refractivity contribution in [2.75, 3.05) is 7.11 Å². The monoisotopic (exact) mass is 285 g/mol. The minimum Gasteiger partial charge on any atom is -0.481 e. The van der Waals surface area contributed by atoms with Gasteiger partial charge in [-0.1, -0.05) is 13.8 Å². The van der Waals surface area contributed by atoms with E-state index in [4.69, 9.17) is 10.5 Å². The molecule has 3 rings (SSSR count). The van der Waals surface area contributed by atoms with E-state index in [0.717, 1.165) is 19.4 Å². The third kappa shape index (κ3) is 2.81. The van der Waals surface area contributed by atoms with Crippen molar-refractivity contribution >= 4 is 0 Å². The van der Waals surface area contributed by atoms with E-state index in [1.54, 1.807) is 13.3 Å². The van der Waals surface area contributed by atoms with Crippen LogP contribution in [0.4, 0.5) is 0 Å². The molecule has 2 aromatic rings. The number of ether oxygens (including phenoxy) is 1. The van der Waals surface area contributed by atoms with Gasteiger partial charge in [0, 0.05) is 36.7 Å². The van der Waals surface area contributed by atoms with Crippen molar-refractivity contribution in [1.29, 1.82) is 0 Å². The van der Waals surface area contributed by atoms with E-state index in [1.165, 1.54) is 16.8 Å². The molecule has 2 aromatic heterocycles. The highest BCUT2D eigenvalue weighted by Gasteiger charge is 2.32. The number of methoxy groups -OCH3 is 1. The summed E-state index contributed by atoms with van der Waals surface area (Å²) in [4.78, 5) is 4.16. The summed E-state index contributed by atoms with van der Waals surface area (Å²) in [6, 6.07) is 6.34. The van der Waals surface area contributed by atoms with E-state index in [1.807, 2.05) is 12.1 Å². The average Bonchev–Trinajstić information content (AvgIpc) is 2.81. The van der Waals surface area contributed by atoms with Gasteiger partial charge in [-0.3, -0.25) is 0 Å². The molecule has 21 heavy (non-hydrogen) atoms. The first-order valence-corrected chi connectivity index (χ1v) is 7.41. The number of nitrogens with two attached hydrogens (primary N) is 1. The molecule has 2 N–H and O–H groups in total. The second-order valence-electron chi connectivity index (χ2n) is 6.70. The maximum absolute atomic E-state index is 6.33. The topological polar surface area (TPSA) is 53.1 Å². The molecule has 0 saturated heterocycles. The number of rotatable bonds is 3. The number of hydrogen-bond acceptors (Lipinski definition) is 3. The van der Waals surface area contributed by atoms with Crippen molar-refractivity contribution in [3.8, 4) is 5.88 Å². The fourth-order valence-corrected chi connectivity index (χ4v) is 3.30. The minimum absolute atomic E-state index is 0.150. The molecule has 0 saturated carbocycles. The molecule has 0 aliphatic heterocycles. The van der Waals surface area contributed by atoms with Gasteiger partial charge in [0.15, 0.2) is 0 Å². The number of nitrogens with zero attached hydrogens (tertiary/aromatic N) is 2. The Morgan fingerprint density at radius 3 is 3.00 bits per heavy atom. The first-order chi connectivity index (χ1) is 9.98. The molecule has 0 amide bonds. The zero-order valence-corrected chi connectivity index (χ0v) is 13.0. The second-order valence-corrected chi connectivity index (χ2v) is 6.70. The molecule has 4 nitrogen and oxygen atoms in total. The van der Waals surface area contributed by atoms with Crippen LogP contribution in [-0.2, 0) is 13.0 Å². The molecule has 2 heterocycles. The fourth-order valence-electron chi connectivity index (χ4n) is 3.30. The summed E-state index contributed by atoms with van der Waals surface area (Å²) in [6.45, 7) is 5.42. The van der Waals surface area contributed by atoms with E-state index in [-0.39, 0.29) is 11.5 Å². The molecule has 1 atom stereocenters. The van der Waals surface area contributed by atoms with Crippen LogP contribution >= 0.6 is 0 Å². The summed E-state index contributed by atoms with van der Waals surface area (Å²) in [5, 5.41) is 0. The largest absolute Gasteiger partial charge is 0.481 e. The lowest BCUT2D eigenvalue weighted by molar-refractivity contribution is 0.276. The Labute approximate surface area is 125 Å². The van der Waals surface area contributed by atoms with Gasteiger partial charge in [0.25, 0.3) is 0 Å². The quantitative estimate of drug-likeness (QED) is 0.943. The fraction of sp³-hybridized carbons (Fsp3) is 0.471. The molecule has 112 valence electrons. The molecular formula is C17H23N3O. The number of fused-ring (bicyclic) bond motifs is 1. The van der Waals surface area contributed by atoms with Crippen LogP contribution in [0.25, 0.3) is 0 Å². The van der Waals surface area contributed by atoms with Gasteiger partial charge < -0.3 is 15.0 Å². The van der Waals surface area contributed by atoms with Crippen LogP contribution < -0.4 is 10.5 Å². The van der Waals surface area contributed by atoms with Gasteiger partial charge in [-0.05, 0) is 41.5 Å². The van der Waals surface area contributed by atoms with Crippen molar-refractivity contribution < 1.29 is 4.74 Å². The molecule has 4 heteroatoms. The van der Waals surface area contributed by atoms with Gasteiger partial charge in [-0.25, -0.2) is 4.98 Å². The van der Waals surface area contributed by atoms with Crippen LogP contribution in [0.1, 0.15) is 43.1 Å². The third-order valence-corrected chi connectivity index (χ3v) is 4.29. The Bertz CT molecular complexity index is 645. The minimum atomic E-state index is 0.150. The molecule has 1 unspecified atom stereocenters. The molecule has 1 aliphatic rings. The maximum Gasteiger partial charge on any atom is 0.213 e. The zero-order valence-electron chi connectivity index (χ0n) is 13.0. The molecule has 0 radical (unpaired) electrons. The van der Waals surface area contributed by atoms with Crippen molar-refractivity contribution in [3.05, 3.63) is 47.4 Å². The lowest BCUT2D eigenvalue weighted by atomic mass is 9.74. The van der Waals surface area contributed by atoms with Crippen LogP contribution in [0.2, 0.25) is 0 Å². The van der Waals surface area contributed by atoms with Crippen LogP contribution in [0.3, 0.4) is 0 Å². The van der Waals surface area contributed by atoms with Crippen LogP contribution in [0.15, 0.2) is 30.6 Å². The predicted octanol–water partition coefficient (Wildman–Crippen LogP) is 2.91. The molecule has 0 bridgehead atoms. The number of pyridine rings is 1. The van der Waals surface area contributed by atoms with Crippen molar-refractivity contribution in [3.63, 3.8) is 0 Å². The molecule has 0 fully saturated rings. The van der Waals surface area contributed by atoms with Gasteiger partial charge in [-0.2, -0.15) is 0 Å². The summed E-state index contributed by atoms with van der Waals surface area (Å²) >= 11 is 0. The van der Waals surface area contributed by atoms with Crippen LogP contribution in [0, 0.1) is 5.41 Å². The first-order valence-electron chi connectivity index (χ1n) is 7.41. The number of hydrogen-bond donors (Lipinski definition) is 1. The van der Waals surface area contributed by atoms with Gasteiger partial charge >= 0.3 is 0 Å². The molecule has 0 spiro atoms. The first kappa shape index (κ1) is 14.1. The van der Waals surface area contributed by atoms with E-state index in [2.05, 4.69) is 35.7 Å². The van der Waals surface area contributed by atoms with Crippen LogP contribution in [0.5, 0.6) is 5.88 Å². The molecule has 0 aromatic carbocycles.